The van der Waals surface area contributed by atoms with Gasteiger partial charge in [-0.25, -0.2) is 0 Å². The highest BCUT2D eigenvalue weighted by Gasteiger charge is 2.42. The van der Waals surface area contributed by atoms with Gasteiger partial charge < -0.3 is 5.11 Å². The summed E-state index contributed by atoms with van der Waals surface area (Å²) in [5.41, 5.74) is 0.144. The second kappa shape index (κ2) is 3.21. The number of nitrogens with zero attached hydrogens (tertiary/aromatic N) is 2. The summed E-state index contributed by atoms with van der Waals surface area (Å²) >= 11 is 0. The number of aliphatic hydroxyl groups excluding tert-OH is 1. The Morgan fingerprint density at radius 3 is 2.64 bits per heavy atom. The van der Waals surface area contributed by atoms with E-state index in [9.17, 15) is 0 Å². The van der Waals surface area contributed by atoms with Crippen LogP contribution in [0.1, 0.15) is 12.8 Å². The first kappa shape index (κ1) is 8.51. The number of hydrogen-bond donors (Lipinski definition) is 1. The minimum atomic E-state index is 0.144. The van der Waals surface area contributed by atoms with E-state index in [1.165, 1.54) is 0 Å². The third-order valence-electron chi connectivity index (χ3n) is 2.24. The first-order valence-electron chi connectivity index (χ1n) is 3.89. The largest absolute Gasteiger partial charge is 0.396 e. The third kappa shape index (κ3) is 2.18. The van der Waals surface area contributed by atoms with Gasteiger partial charge in [0.1, 0.15) is 0 Å². The molecule has 0 aliphatic heterocycles. The van der Waals surface area contributed by atoms with E-state index in [0.29, 0.717) is 6.54 Å². The van der Waals surface area contributed by atoms with Crippen molar-refractivity contribution < 1.29 is 5.11 Å². The van der Waals surface area contributed by atoms with Gasteiger partial charge in [0.2, 0.25) is 0 Å². The van der Waals surface area contributed by atoms with Crippen molar-refractivity contribution in [3.8, 4) is 6.07 Å². The van der Waals surface area contributed by atoms with Crippen molar-refractivity contribution in [2.24, 2.45) is 5.41 Å². The van der Waals surface area contributed by atoms with Crippen molar-refractivity contribution in [3.63, 3.8) is 0 Å². The fourth-order valence-corrected chi connectivity index (χ4v) is 1.29. The van der Waals surface area contributed by atoms with E-state index in [4.69, 9.17) is 10.4 Å². The van der Waals surface area contributed by atoms with Gasteiger partial charge in [-0.15, -0.1) is 0 Å². The lowest BCUT2D eigenvalue weighted by molar-refractivity contribution is 0.171. The van der Waals surface area contributed by atoms with Gasteiger partial charge in [-0.1, -0.05) is 0 Å². The van der Waals surface area contributed by atoms with Gasteiger partial charge in [-0.2, -0.15) is 5.26 Å². The molecule has 3 nitrogen and oxygen atoms in total. The van der Waals surface area contributed by atoms with E-state index < -0.39 is 0 Å². The molecule has 1 aliphatic carbocycles. The summed E-state index contributed by atoms with van der Waals surface area (Å²) in [6.07, 6.45) is 2.22. The van der Waals surface area contributed by atoms with Crippen LogP contribution in [-0.4, -0.2) is 36.8 Å². The Morgan fingerprint density at radius 1 is 1.64 bits per heavy atom. The van der Waals surface area contributed by atoms with Crippen molar-refractivity contribution >= 4 is 0 Å². The Balaban J connectivity index is 2.25. The van der Waals surface area contributed by atoms with Crippen LogP contribution in [0.25, 0.3) is 0 Å². The molecule has 1 N–H and O–H groups in total. The lowest BCUT2D eigenvalue weighted by atomic mass is 10.1. The number of nitriles is 1. The summed E-state index contributed by atoms with van der Waals surface area (Å²) < 4.78 is 0. The lowest BCUT2D eigenvalue weighted by Crippen LogP contribution is -2.29. The van der Waals surface area contributed by atoms with E-state index >= 15 is 0 Å². The maximum atomic E-state index is 8.96. The molecule has 1 aliphatic rings. The molecule has 0 saturated heterocycles. The fourth-order valence-electron chi connectivity index (χ4n) is 1.29. The van der Waals surface area contributed by atoms with Crippen LogP contribution < -0.4 is 0 Å². The third-order valence-corrected chi connectivity index (χ3v) is 2.24. The average Bonchev–Trinajstić information content (AvgIpc) is 2.70. The van der Waals surface area contributed by atoms with Gasteiger partial charge in [0, 0.05) is 18.6 Å². The topological polar surface area (TPSA) is 47.3 Å². The van der Waals surface area contributed by atoms with E-state index in [2.05, 4.69) is 6.07 Å². The molecule has 0 atom stereocenters. The van der Waals surface area contributed by atoms with E-state index in [1.807, 2.05) is 11.9 Å². The minimum Gasteiger partial charge on any atom is -0.396 e. The monoisotopic (exact) mass is 154 g/mol. The predicted molar refractivity (Wildman–Crippen MR) is 41.9 cm³/mol. The molecule has 0 unspecified atom stereocenters. The summed E-state index contributed by atoms with van der Waals surface area (Å²) in [5.74, 6) is 0. The number of hydrogen-bond acceptors (Lipinski definition) is 3. The summed E-state index contributed by atoms with van der Waals surface area (Å²) in [7, 11) is 1.92. The number of aliphatic hydroxyl groups is 1. The molecular weight excluding hydrogens is 140 g/mol. The van der Waals surface area contributed by atoms with Crippen LogP contribution >= 0.6 is 0 Å². The van der Waals surface area contributed by atoms with Crippen LogP contribution in [0, 0.1) is 16.7 Å². The van der Waals surface area contributed by atoms with Crippen molar-refractivity contribution in [1.82, 2.24) is 4.90 Å². The van der Waals surface area contributed by atoms with Crippen LogP contribution in [0.3, 0.4) is 0 Å². The molecule has 11 heavy (non-hydrogen) atoms. The van der Waals surface area contributed by atoms with Gasteiger partial charge in [-0.3, -0.25) is 4.90 Å². The molecule has 0 aromatic rings. The van der Waals surface area contributed by atoms with Gasteiger partial charge in [0.15, 0.2) is 0 Å². The Labute approximate surface area is 67.2 Å². The SMILES string of the molecule is CN(CC#N)CC1(CO)CC1. The fraction of sp³-hybridized carbons (Fsp3) is 0.875. The highest BCUT2D eigenvalue weighted by atomic mass is 16.3. The lowest BCUT2D eigenvalue weighted by Gasteiger charge is -2.18. The molecule has 0 aromatic heterocycles. The second-order valence-electron chi connectivity index (χ2n) is 3.49. The van der Waals surface area contributed by atoms with Crippen molar-refractivity contribution in [1.29, 1.82) is 5.26 Å². The van der Waals surface area contributed by atoms with E-state index in [-0.39, 0.29) is 12.0 Å². The van der Waals surface area contributed by atoms with Crippen LogP contribution in [-0.2, 0) is 0 Å². The zero-order chi connectivity index (χ0) is 8.32. The van der Waals surface area contributed by atoms with Crippen LogP contribution in [0.5, 0.6) is 0 Å². The molecule has 1 rings (SSSR count). The maximum absolute atomic E-state index is 8.96. The maximum Gasteiger partial charge on any atom is 0.0863 e. The van der Waals surface area contributed by atoms with Crippen molar-refractivity contribution in [2.75, 3.05) is 26.7 Å². The predicted octanol–water partition coefficient (Wildman–Crippen LogP) is 0.214. The van der Waals surface area contributed by atoms with Crippen LogP contribution in [0.4, 0.5) is 0 Å². The highest BCUT2D eigenvalue weighted by molar-refractivity contribution is 4.95. The summed E-state index contributed by atoms with van der Waals surface area (Å²) in [4.78, 5) is 1.96. The van der Waals surface area contributed by atoms with Crippen molar-refractivity contribution in [2.45, 2.75) is 12.8 Å². The summed E-state index contributed by atoms with van der Waals surface area (Å²) in [5, 5.41) is 17.3. The molecule has 0 aromatic carbocycles. The van der Waals surface area contributed by atoms with E-state index in [1.54, 1.807) is 0 Å². The standard InChI is InChI=1S/C8H14N2O/c1-10(5-4-9)6-8(7-11)2-3-8/h11H,2-3,5-7H2,1H3. The zero-order valence-corrected chi connectivity index (χ0v) is 6.88. The normalized spacial score (nSPS) is 19.8. The molecule has 0 amide bonds. The van der Waals surface area contributed by atoms with Gasteiger partial charge in [-0.05, 0) is 19.9 Å². The Kier molecular flexibility index (Phi) is 2.48. The Morgan fingerprint density at radius 2 is 2.27 bits per heavy atom. The molecular formula is C8H14N2O. The summed E-state index contributed by atoms with van der Waals surface area (Å²) in [6, 6.07) is 2.09. The van der Waals surface area contributed by atoms with Gasteiger partial charge in [0.05, 0.1) is 12.6 Å². The molecule has 62 valence electrons. The highest BCUT2D eigenvalue weighted by Crippen LogP contribution is 2.45. The molecule has 0 spiro atoms. The van der Waals surface area contributed by atoms with Gasteiger partial charge in [0.25, 0.3) is 0 Å². The first-order chi connectivity index (χ1) is 5.22. The zero-order valence-electron chi connectivity index (χ0n) is 6.88. The number of rotatable bonds is 4. The second-order valence-corrected chi connectivity index (χ2v) is 3.49. The molecule has 1 fully saturated rings. The molecule has 1 saturated carbocycles. The minimum absolute atomic E-state index is 0.144. The molecule has 0 bridgehead atoms. The van der Waals surface area contributed by atoms with Gasteiger partial charge >= 0.3 is 0 Å². The first-order valence-corrected chi connectivity index (χ1v) is 3.89. The molecule has 0 heterocycles. The van der Waals surface area contributed by atoms with Crippen LogP contribution in [0.2, 0.25) is 0 Å². The smallest absolute Gasteiger partial charge is 0.0863 e. The van der Waals surface area contributed by atoms with Crippen molar-refractivity contribution in [3.05, 3.63) is 0 Å². The van der Waals surface area contributed by atoms with Crippen LogP contribution in [0.15, 0.2) is 0 Å². The molecule has 0 radical (unpaired) electrons. The average molecular weight is 154 g/mol. The van der Waals surface area contributed by atoms with E-state index in [0.717, 1.165) is 19.4 Å². The summed E-state index contributed by atoms with van der Waals surface area (Å²) in [6.45, 7) is 1.58. The Bertz CT molecular complexity index is 169. The quantitative estimate of drug-likeness (QED) is 0.589. The Hall–Kier alpha value is -0.590. The molecule has 3 heteroatoms.